The number of hydrogen-bond acceptors (Lipinski definition) is 6. The molecule has 2 aliphatic heterocycles. The minimum atomic E-state index is -0.389. The zero-order chi connectivity index (χ0) is 17.3. The molecule has 4 rings (SSSR count). The Morgan fingerprint density at radius 2 is 2.36 bits per heavy atom. The number of nitrogens with one attached hydrogen (secondary N) is 1. The van der Waals surface area contributed by atoms with Gasteiger partial charge in [-0.3, -0.25) is 14.7 Å². The van der Waals surface area contributed by atoms with E-state index in [1.54, 1.807) is 24.8 Å². The number of anilines is 1. The van der Waals surface area contributed by atoms with Crippen LogP contribution in [0.4, 0.5) is 5.69 Å². The summed E-state index contributed by atoms with van der Waals surface area (Å²) in [4.78, 5) is 24.6. The first-order valence-corrected chi connectivity index (χ1v) is 8.35. The van der Waals surface area contributed by atoms with Crippen molar-refractivity contribution in [3.63, 3.8) is 0 Å². The van der Waals surface area contributed by atoms with Crippen molar-refractivity contribution in [2.75, 3.05) is 18.4 Å². The summed E-state index contributed by atoms with van der Waals surface area (Å²) >= 11 is 0. The summed E-state index contributed by atoms with van der Waals surface area (Å²) in [6, 6.07) is 5.59. The van der Waals surface area contributed by atoms with Gasteiger partial charge in [-0.25, -0.2) is 0 Å². The van der Waals surface area contributed by atoms with Gasteiger partial charge < -0.3 is 14.6 Å². The van der Waals surface area contributed by atoms with Crippen LogP contribution in [0.3, 0.4) is 0 Å². The van der Waals surface area contributed by atoms with Crippen molar-refractivity contribution in [2.24, 2.45) is 5.16 Å². The highest BCUT2D eigenvalue weighted by atomic mass is 16.7. The van der Waals surface area contributed by atoms with E-state index in [0.717, 1.165) is 37.3 Å². The highest BCUT2D eigenvalue weighted by Gasteiger charge is 2.46. The van der Waals surface area contributed by atoms with Gasteiger partial charge in [-0.2, -0.15) is 0 Å². The van der Waals surface area contributed by atoms with E-state index >= 15 is 0 Å². The van der Waals surface area contributed by atoms with Crippen LogP contribution < -0.4 is 5.32 Å². The minimum absolute atomic E-state index is 0.221. The van der Waals surface area contributed by atoms with Crippen LogP contribution in [0.15, 0.2) is 46.5 Å². The first-order valence-electron chi connectivity index (χ1n) is 8.35. The Balaban J connectivity index is 1.36. The molecule has 7 heteroatoms. The van der Waals surface area contributed by atoms with Gasteiger partial charge >= 0.3 is 0 Å². The third-order valence-electron chi connectivity index (χ3n) is 4.74. The van der Waals surface area contributed by atoms with Crippen molar-refractivity contribution in [1.82, 2.24) is 9.88 Å². The average molecular weight is 340 g/mol. The third-order valence-corrected chi connectivity index (χ3v) is 4.74. The number of aryl methyl sites for hydroxylation is 1. The number of carbonyl (C=O) groups is 1. The van der Waals surface area contributed by atoms with Crippen molar-refractivity contribution in [3.8, 4) is 0 Å². The van der Waals surface area contributed by atoms with E-state index in [1.807, 2.05) is 19.1 Å². The van der Waals surface area contributed by atoms with E-state index in [1.165, 1.54) is 0 Å². The lowest BCUT2D eigenvalue weighted by Crippen LogP contribution is -2.35. The molecule has 1 atom stereocenters. The van der Waals surface area contributed by atoms with Crippen LogP contribution in [0.5, 0.6) is 0 Å². The molecule has 0 radical (unpaired) electrons. The molecule has 1 spiro atoms. The van der Waals surface area contributed by atoms with Gasteiger partial charge in [0.1, 0.15) is 5.71 Å². The second kappa shape index (κ2) is 6.33. The minimum Gasteiger partial charge on any atom is -0.472 e. The zero-order valence-corrected chi connectivity index (χ0v) is 14.1. The Hall–Kier alpha value is -2.67. The number of furan rings is 1. The molecule has 0 aromatic carbocycles. The van der Waals surface area contributed by atoms with E-state index in [-0.39, 0.29) is 11.5 Å². The first-order chi connectivity index (χ1) is 12.1. The normalized spacial score (nSPS) is 22.8. The molecule has 25 heavy (non-hydrogen) atoms. The maximum absolute atomic E-state index is 12.5. The van der Waals surface area contributed by atoms with Gasteiger partial charge in [0.25, 0.3) is 5.91 Å². The fraction of sp³-hybridized carbons (Fsp3) is 0.389. The predicted octanol–water partition coefficient (Wildman–Crippen LogP) is 2.34. The average Bonchev–Trinajstić information content (AvgIpc) is 3.33. The SMILES string of the molecule is Cc1ncccc1NC(=O)C1=NO[C@@]2(CCN(Cc3ccoc3)C2)C1. The van der Waals surface area contributed by atoms with Gasteiger partial charge in [0.05, 0.1) is 23.9 Å². The number of carbonyl (C=O) groups excluding carboxylic acids is 1. The molecule has 1 amide bonds. The third kappa shape index (κ3) is 3.28. The number of likely N-dealkylation sites (tertiary alicyclic amines) is 1. The van der Waals surface area contributed by atoms with Crippen molar-refractivity contribution >= 4 is 17.3 Å². The van der Waals surface area contributed by atoms with Gasteiger partial charge in [-0.05, 0) is 25.1 Å². The molecule has 0 unspecified atom stereocenters. The van der Waals surface area contributed by atoms with Gasteiger partial charge in [-0.1, -0.05) is 5.16 Å². The fourth-order valence-corrected chi connectivity index (χ4v) is 3.38. The monoisotopic (exact) mass is 340 g/mol. The summed E-state index contributed by atoms with van der Waals surface area (Å²) in [5.74, 6) is -0.221. The predicted molar refractivity (Wildman–Crippen MR) is 92.1 cm³/mol. The topological polar surface area (TPSA) is 80.0 Å². The molecule has 2 aromatic rings. The molecule has 0 bridgehead atoms. The standard InChI is InChI=1S/C18H20N4O3/c1-13-15(3-2-6-19-13)20-17(23)16-9-18(25-21-16)5-7-22(12-18)10-14-4-8-24-11-14/h2-4,6,8,11H,5,7,9-10,12H2,1H3,(H,20,23)/t18-/m0/s1. The summed E-state index contributed by atoms with van der Waals surface area (Å²) in [5.41, 5.74) is 2.66. The summed E-state index contributed by atoms with van der Waals surface area (Å²) in [6.45, 7) is 4.34. The number of pyridine rings is 1. The van der Waals surface area contributed by atoms with Gasteiger partial charge in [0, 0.05) is 44.2 Å². The maximum atomic E-state index is 12.5. The summed E-state index contributed by atoms with van der Waals surface area (Å²) in [6.07, 6.45) is 6.52. The molecule has 1 fully saturated rings. The van der Waals surface area contributed by atoms with Crippen molar-refractivity contribution in [1.29, 1.82) is 0 Å². The summed E-state index contributed by atoms with van der Waals surface area (Å²) < 4.78 is 5.12. The Morgan fingerprint density at radius 3 is 3.16 bits per heavy atom. The Morgan fingerprint density at radius 1 is 1.44 bits per heavy atom. The van der Waals surface area contributed by atoms with Crippen LogP contribution in [0.1, 0.15) is 24.1 Å². The first kappa shape index (κ1) is 15.8. The highest BCUT2D eigenvalue weighted by Crippen LogP contribution is 2.34. The van der Waals surface area contributed by atoms with Crippen LogP contribution in [-0.4, -0.2) is 40.2 Å². The van der Waals surface area contributed by atoms with Crippen molar-refractivity contribution in [2.45, 2.75) is 31.9 Å². The van der Waals surface area contributed by atoms with Crippen molar-refractivity contribution < 1.29 is 14.0 Å². The number of nitrogens with zero attached hydrogens (tertiary/aromatic N) is 3. The molecule has 0 aliphatic carbocycles. The van der Waals surface area contributed by atoms with E-state index in [4.69, 9.17) is 9.25 Å². The van der Waals surface area contributed by atoms with E-state index in [0.29, 0.717) is 17.8 Å². The highest BCUT2D eigenvalue weighted by molar-refractivity contribution is 6.43. The lowest BCUT2D eigenvalue weighted by molar-refractivity contribution is -0.110. The number of amides is 1. The van der Waals surface area contributed by atoms with Gasteiger partial charge in [-0.15, -0.1) is 0 Å². The number of hydrogen-bond donors (Lipinski definition) is 1. The van der Waals surface area contributed by atoms with Crippen LogP contribution in [0.2, 0.25) is 0 Å². The Kier molecular flexibility index (Phi) is 4.01. The van der Waals surface area contributed by atoms with E-state index in [9.17, 15) is 4.79 Å². The smallest absolute Gasteiger partial charge is 0.273 e. The summed E-state index contributed by atoms with van der Waals surface area (Å²) in [5, 5.41) is 6.94. The molecule has 130 valence electrons. The van der Waals surface area contributed by atoms with Crippen LogP contribution in [0, 0.1) is 6.92 Å². The maximum Gasteiger partial charge on any atom is 0.273 e. The molecular formula is C18H20N4O3. The van der Waals surface area contributed by atoms with Crippen LogP contribution >= 0.6 is 0 Å². The number of rotatable bonds is 4. The molecule has 7 nitrogen and oxygen atoms in total. The molecule has 1 N–H and O–H groups in total. The number of oxime groups is 1. The van der Waals surface area contributed by atoms with E-state index < -0.39 is 0 Å². The lowest BCUT2D eigenvalue weighted by atomic mass is 9.96. The molecule has 2 aliphatic rings. The molecule has 2 aromatic heterocycles. The van der Waals surface area contributed by atoms with Crippen LogP contribution in [-0.2, 0) is 16.2 Å². The number of aromatic nitrogens is 1. The molecular weight excluding hydrogens is 320 g/mol. The zero-order valence-electron chi connectivity index (χ0n) is 14.1. The second-order valence-corrected chi connectivity index (χ2v) is 6.67. The Labute approximate surface area is 145 Å². The largest absolute Gasteiger partial charge is 0.472 e. The fourth-order valence-electron chi connectivity index (χ4n) is 3.38. The molecule has 4 heterocycles. The quantitative estimate of drug-likeness (QED) is 0.924. The molecule has 1 saturated heterocycles. The summed E-state index contributed by atoms with van der Waals surface area (Å²) in [7, 11) is 0. The van der Waals surface area contributed by atoms with Crippen molar-refractivity contribution in [3.05, 3.63) is 48.2 Å². The van der Waals surface area contributed by atoms with Gasteiger partial charge in [0.2, 0.25) is 0 Å². The second-order valence-electron chi connectivity index (χ2n) is 6.67. The van der Waals surface area contributed by atoms with Gasteiger partial charge in [0.15, 0.2) is 5.60 Å². The Bertz CT molecular complexity index is 802. The lowest BCUT2D eigenvalue weighted by Gasteiger charge is -2.21. The van der Waals surface area contributed by atoms with E-state index in [2.05, 4.69) is 20.4 Å². The van der Waals surface area contributed by atoms with Crippen LogP contribution in [0.25, 0.3) is 0 Å². The molecule has 0 saturated carbocycles.